The number of rotatable bonds is 6. The van der Waals surface area contributed by atoms with Gasteiger partial charge in [0.25, 0.3) is 0 Å². The third-order valence-electron chi connectivity index (χ3n) is 5.07. The quantitative estimate of drug-likeness (QED) is 0.661. The van der Waals surface area contributed by atoms with Gasteiger partial charge in [0.15, 0.2) is 9.84 Å². The first-order valence-corrected chi connectivity index (χ1v) is 10.7. The van der Waals surface area contributed by atoms with E-state index >= 15 is 0 Å². The first kappa shape index (κ1) is 24.4. The van der Waals surface area contributed by atoms with E-state index in [1.54, 1.807) is 17.3 Å². The Hall–Kier alpha value is -1.82. The summed E-state index contributed by atoms with van der Waals surface area (Å²) in [7, 11) is -2.41. The third-order valence-corrected chi connectivity index (χ3v) is 7.33. The van der Waals surface area contributed by atoms with Crippen molar-refractivity contribution in [3.05, 3.63) is 29.8 Å². The van der Waals surface area contributed by atoms with Gasteiger partial charge in [0.1, 0.15) is 6.54 Å². The minimum atomic E-state index is -4.65. The zero-order chi connectivity index (χ0) is 22.7. The number of likely N-dealkylation sites (N-methyl/N-ethyl adjacent to an activating group) is 1. The molecule has 1 fully saturated rings. The van der Waals surface area contributed by atoms with Gasteiger partial charge < -0.3 is 5.32 Å². The summed E-state index contributed by atoms with van der Waals surface area (Å²) in [6.07, 6.45) is -8.10. The molecule has 0 saturated heterocycles. The van der Waals surface area contributed by atoms with Crippen LogP contribution in [-0.4, -0.2) is 56.8 Å². The second-order valence-corrected chi connectivity index (χ2v) is 9.54. The molecule has 0 unspecified atom stereocenters. The van der Waals surface area contributed by atoms with Crippen LogP contribution in [0.1, 0.15) is 31.2 Å². The highest BCUT2D eigenvalue weighted by Gasteiger charge is 2.36. The number of nitrogens with zero attached hydrogens (tertiary/aromatic N) is 1. The molecule has 0 heterocycles. The summed E-state index contributed by atoms with van der Waals surface area (Å²) in [5.41, 5.74) is -1.04. The number of carbonyl (C=O) groups excluding carboxylic acids is 1. The van der Waals surface area contributed by atoms with E-state index in [-0.39, 0.29) is 30.3 Å². The molecule has 1 N–H and O–H groups in total. The van der Waals surface area contributed by atoms with Gasteiger partial charge in [-0.15, -0.1) is 0 Å². The van der Waals surface area contributed by atoms with E-state index in [0.29, 0.717) is 18.9 Å². The van der Waals surface area contributed by atoms with Crippen LogP contribution in [0, 0.1) is 0 Å². The van der Waals surface area contributed by atoms with Crippen LogP contribution in [0.2, 0.25) is 0 Å². The number of amides is 1. The minimum Gasteiger partial charge on any atom is -0.346 e. The van der Waals surface area contributed by atoms with Crippen molar-refractivity contribution in [3.8, 4) is 0 Å². The molecule has 30 heavy (non-hydrogen) atoms. The Morgan fingerprint density at radius 3 is 2.23 bits per heavy atom. The molecule has 2 rings (SSSR count). The maximum atomic E-state index is 12.9. The summed E-state index contributed by atoms with van der Waals surface area (Å²) in [5.74, 6) is -0.798. The highest BCUT2D eigenvalue weighted by molar-refractivity contribution is 7.92. The molecule has 170 valence electrons. The Morgan fingerprint density at radius 1 is 1.10 bits per heavy atom. The fourth-order valence-corrected chi connectivity index (χ4v) is 5.29. The second-order valence-electron chi connectivity index (χ2n) is 7.31. The molecule has 1 amide bonds. The van der Waals surface area contributed by atoms with Gasteiger partial charge in [-0.1, -0.05) is 6.07 Å². The van der Waals surface area contributed by atoms with Crippen LogP contribution in [0.4, 0.5) is 26.3 Å². The van der Waals surface area contributed by atoms with E-state index in [2.05, 4.69) is 0 Å². The molecule has 1 saturated carbocycles. The van der Waals surface area contributed by atoms with Crippen LogP contribution < -0.4 is 5.32 Å². The van der Waals surface area contributed by atoms with Crippen LogP contribution >= 0.6 is 0 Å². The van der Waals surface area contributed by atoms with E-state index in [1.807, 2.05) is 0 Å². The minimum absolute atomic E-state index is 0.178. The Balaban J connectivity index is 1.95. The molecule has 0 atom stereocenters. The van der Waals surface area contributed by atoms with E-state index in [4.69, 9.17) is 0 Å². The average molecular weight is 460 g/mol. The van der Waals surface area contributed by atoms with Gasteiger partial charge >= 0.3 is 12.4 Å². The highest BCUT2D eigenvalue weighted by Crippen LogP contribution is 2.34. The Bertz CT molecular complexity index is 846. The maximum absolute atomic E-state index is 12.9. The van der Waals surface area contributed by atoms with Crippen molar-refractivity contribution in [2.75, 3.05) is 20.1 Å². The average Bonchev–Trinajstić information content (AvgIpc) is 2.65. The fraction of sp³-hybridized carbons (Fsp3) is 0.611. The first-order valence-electron chi connectivity index (χ1n) is 9.15. The molecule has 5 nitrogen and oxygen atoms in total. The smallest absolute Gasteiger partial charge is 0.346 e. The summed E-state index contributed by atoms with van der Waals surface area (Å²) in [6.45, 7) is -1.70. The van der Waals surface area contributed by atoms with E-state index in [0.717, 1.165) is 18.2 Å². The number of carbonyl (C=O) groups is 1. The lowest BCUT2D eigenvalue weighted by atomic mass is 9.94. The van der Waals surface area contributed by atoms with Gasteiger partial charge in [-0.2, -0.15) is 26.3 Å². The van der Waals surface area contributed by atoms with Crippen molar-refractivity contribution in [1.82, 2.24) is 10.2 Å². The van der Waals surface area contributed by atoms with Crippen molar-refractivity contribution in [1.29, 1.82) is 0 Å². The van der Waals surface area contributed by atoms with Crippen LogP contribution in [0.25, 0.3) is 0 Å². The molecular formula is C18H22F6N2O3S. The highest BCUT2D eigenvalue weighted by atomic mass is 32.2. The van der Waals surface area contributed by atoms with Crippen LogP contribution in [-0.2, 0) is 20.8 Å². The molecular weight excluding hydrogens is 438 g/mol. The number of benzene rings is 1. The SMILES string of the molecule is CN(CC(=O)NCC(F)(F)F)C1CCC(S(=O)(=O)c2cccc(C(F)(F)F)c2)CC1. The summed E-state index contributed by atoms with van der Waals surface area (Å²) in [5, 5.41) is 0.914. The molecule has 0 aromatic heterocycles. The molecule has 1 aromatic rings. The summed E-state index contributed by atoms with van der Waals surface area (Å²) < 4.78 is 101. The monoisotopic (exact) mass is 460 g/mol. The van der Waals surface area contributed by atoms with Crippen molar-refractivity contribution < 1.29 is 39.6 Å². The maximum Gasteiger partial charge on any atom is 0.416 e. The third kappa shape index (κ3) is 6.59. The lowest BCUT2D eigenvalue weighted by Gasteiger charge is -2.34. The number of hydrogen-bond acceptors (Lipinski definition) is 4. The Labute approximate surface area is 170 Å². The largest absolute Gasteiger partial charge is 0.416 e. The normalized spacial score (nSPS) is 20.9. The Kier molecular flexibility index (Phi) is 7.44. The zero-order valence-corrected chi connectivity index (χ0v) is 16.9. The van der Waals surface area contributed by atoms with Gasteiger partial charge in [0.2, 0.25) is 5.91 Å². The molecule has 0 spiro atoms. The summed E-state index contributed by atoms with van der Waals surface area (Å²) in [4.78, 5) is 12.8. The predicted molar refractivity (Wildman–Crippen MR) is 96.4 cm³/mol. The zero-order valence-electron chi connectivity index (χ0n) is 16.1. The number of halogens is 6. The van der Waals surface area contributed by atoms with E-state index in [9.17, 15) is 39.6 Å². The van der Waals surface area contributed by atoms with Crippen LogP contribution in [0.3, 0.4) is 0 Å². The predicted octanol–water partition coefficient (Wildman–Crippen LogP) is 3.40. The molecule has 1 aliphatic carbocycles. The number of nitrogens with one attached hydrogen (secondary N) is 1. The lowest BCUT2D eigenvalue weighted by molar-refractivity contribution is -0.139. The van der Waals surface area contributed by atoms with Gasteiger partial charge in [-0.05, 0) is 50.9 Å². The van der Waals surface area contributed by atoms with Gasteiger partial charge in [-0.3, -0.25) is 9.69 Å². The molecule has 12 heteroatoms. The summed E-state index contributed by atoms with van der Waals surface area (Å²) in [6, 6.07) is 3.39. The Morgan fingerprint density at radius 2 is 1.70 bits per heavy atom. The standard InChI is InChI=1S/C18H22F6N2O3S/c1-26(10-16(27)25-11-17(19,20)21)13-5-7-14(8-6-13)30(28,29)15-4-2-3-12(9-15)18(22,23)24/h2-4,9,13-14H,5-8,10-11H2,1H3,(H,25,27). The van der Waals surface area contributed by atoms with Gasteiger partial charge in [0, 0.05) is 6.04 Å². The summed E-state index contributed by atoms with van der Waals surface area (Å²) >= 11 is 0. The number of alkyl halides is 6. The second kappa shape index (κ2) is 9.13. The molecule has 0 aliphatic heterocycles. The number of hydrogen-bond donors (Lipinski definition) is 1. The van der Waals surface area contributed by atoms with E-state index in [1.165, 1.54) is 0 Å². The van der Waals surface area contributed by atoms with Crippen molar-refractivity contribution >= 4 is 15.7 Å². The first-order chi connectivity index (χ1) is 13.7. The van der Waals surface area contributed by atoms with E-state index < -0.39 is 45.5 Å². The fourth-order valence-electron chi connectivity index (χ4n) is 3.45. The van der Waals surface area contributed by atoms with Crippen molar-refractivity contribution in [2.45, 2.75) is 54.2 Å². The molecule has 0 bridgehead atoms. The van der Waals surface area contributed by atoms with Gasteiger partial charge in [0.05, 0.1) is 22.3 Å². The molecule has 1 aliphatic rings. The topological polar surface area (TPSA) is 66.5 Å². The molecule has 1 aromatic carbocycles. The van der Waals surface area contributed by atoms with Crippen molar-refractivity contribution in [2.24, 2.45) is 0 Å². The van der Waals surface area contributed by atoms with Crippen LogP contribution in [0.15, 0.2) is 29.2 Å². The molecule has 0 radical (unpaired) electrons. The lowest BCUT2D eigenvalue weighted by Crippen LogP contribution is -2.45. The number of sulfone groups is 1. The van der Waals surface area contributed by atoms with Crippen LogP contribution in [0.5, 0.6) is 0 Å². The van der Waals surface area contributed by atoms with Gasteiger partial charge in [-0.25, -0.2) is 8.42 Å². The van der Waals surface area contributed by atoms with Crippen molar-refractivity contribution in [3.63, 3.8) is 0 Å².